The predicted octanol–water partition coefficient (Wildman–Crippen LogP) is 3.07. The first-order valence-corrected chi connectivity index (χ1v) is 8.07. The van der Waals surface area contributed by atoms with Gasteiger partial charge in [0.2, 0.25) is 0 Å². The number of hydrogen-bond acceptors (Lipinski definition) is 5. The van der Waals surface area contributed by atoms with Gasteiger partial charge in [-0.1, -0.05) is 12.1 Å². The van der Waals surface area contributed by atoms with Gasteiger partial charge < -0.3 is 19.3 Å². The van der Waals surface area contributed by atoms with Crippen LogP contribution in [0.5, 0.6) is 23.0 Å². The number of methoxy groups -OCH3 is 2. The van der Waals surface area contributed by atoms with E-state index in [0.29, 0.717) is 5.75 Å². The lowest BCUT2D eigenvalue weighted by Gasteiger charge is -2.33. The van der Waals surface area contributed by atoms with Gasteiger partial charge in [-0.3, -0.25) is 4.90 Å². The van der Waals surface area contributed by atoms with Crippen molar-refractivity contribution in [3.05, 3.63) is 47.0 Å². The highest BCUT2D eigenvalue weighted by molar-refractivity contribution is 5.57. The third-order valence-corrected chi connectivity index (χ3v) is 5.04. The Morgan fingerprint density at radius 3 is 2.67 bits per heavy atom. The molecule has 2 aliphatic rings. The van der Waals surface area contributed by atoms with Gasteiger partial charge in [0.15, 0.2) is 23.0 Å². The number of phenols is 1. The Hall–Kier alpha value is -2.40. The first kappa shape index (κ1) is 15.1. The van der Waals surface area contributed by atoms with E-state index < -0.39 is 0 Å². The quantitative estimate of drug-likeness (QED) is 0.939. The molecule has 0 amide bonds. The molecular formula is C19H21NO4. The summed E-state index contributed by atoms with van der Waals surface area (Å²) in [6.07, 6.45) is 0.851. The summed E-state index contributed by atoms with van der Waals surface area (Å²) in [6, 6.07) is 9.65. The van der Waals surface area contributed by atoms with Crippen LogP contribution >= 0.6 is 0 Å². The maximum atomic E-state index is 9.87. The molecule has 0 bridgehead atoms. The summed E-state index contributed by atoms with van der Waals surface area (Å²) >= 11 is 0. The average Bonchev–Trinajstić information content (AvgIpc) is 3.01. The third-order valence-electron chi connectivity index (χ3n) is 5.04. The van der Waals surface area contributed by atoms with E-state index in [0.717, 1.165) is 30.0 Å². The lowest BCUT2D eigenvalue weighted by Crippen LogP contribution is -2.33. The van der Waals surface area contributed by atoms with E-state index in [2.05, 4.69) is 18.0 Å². The number of benzene rings is 2. The standard InChI is InChI=1S/C19H21NO4/c1-20-9-8-11-5-7-14(22-2)19-16(11)17(20)18(24-19)12-4-6-13(21)15(10-12)23-3/h4-7,10,17-18,21H,8-9H2,1-3H3/t17-,18+/m1/s1. The van der Waals surface area contributed by atoms with Crippen molar-refractivity contribution in [2.75, 3.05) is 27.8 Å². The Bertz CT molecular complexity index is 789. The smallest absolute Gasteiger partial charge is 0.167 e. The Morgan fingerprint density at radius 2 is 1.92 bits per heavy atom. The number of aromatic hydroxyl groups is 1. The largest absolute Gasteiger partial charge is 0.504 e. The average molecular weight is 327 g/mol. The zero-order valence-electron chi connectivity index (χ0n) is 14.1. The maximum absolute atomic E-state index is 9.87. The molecule has 4 rings (SSSR count). The molecule has 2 aliphatic heterocycles. The summed E-state index contributed by atoms with van der Waals surface area (Å²) in [4.78, 5) is 2.32. The van der Waals surface area contributed by atoms with Crippen molar-refractivity contribution in [3.63, 3.8) is 0 Å². The maximum Gasteiger partial charge on any atom is 0.167 e. The van der Waals surface area contributed by atoms with Gasteiger partial charge in [0, 0.05) is 12.1 Å². The highest BCUT2D eigenvalue weighted by atomic mass is 16.5. The summed E-state index contributed by atoms with van der Waals surface area (Å²) in [5, 5.41) is 9.87. The first-order chi connectivity index (χ1) is 11.6. The second kappa shape index (κ2) is 5.60. The van der Waals surface area contributed by atoms with E-state index in [4.69, 9.17) is 14.2 Å². The fourth-order valence-electron chi connectivity index (χ4n) is 3.80. The third kappa shape index (κ3) is 2.12. The molecule has 0 saturated carbocycles. The van der Waals surface area contributed by atoms with Gasteiger partial charge in [-0.05, 0) is 42.8 Å². The number of nitrogens with zero attached hydrogens (tertiary/aromatic N) is 1. The second-order valence-electron chi connectivity index (χ2n) is 6.31. The number of likely N-dealkylation sites (N-methyl/N-ethyl adjacent to an activating group) is 1. The Balaban J connectivity index is 1.83. The topological polar surface area (TPSA) is 51.2 Å². The molecule has 2 atom stereocenters. The Kier molecular flexibility index (Phi) is 3.53. The van der Waals surface area contributed by atoms with Crippen molar-refractivity contribution < 1.29 is 19.3 Å². The van der Waals surface area contributed by atoms with Crippen molar-refractivity contribution >= 4 is 0 Å². The van der Waals surface area contributed by atoms with Gasteiger partial charge in [0.1, 0.15) is 6.10 Å². The minimum absolute atomic E-state index is 0.132. The number of ether oxygens (including phenoxy) is 3. The van der Waals surface area contributed by atoms with Crippen LogP contribution in [0, 0.1) is 0 Å². The normalized spacial score (nSPS) is 22.0. The molecule has 0 radical (unpaired) electrons. The molecule has 1 N–H and O–H groups in total. The van der Waals surface area contributed by atoms with Crippen LogP contribution in [0.3, 0.4) is 0 Å². The zero-order valence-corrected chi connectivity index (χ0v) is 14.1. The SMILES string of the molecule is COc1cc([C@@H]2Oc3c(OC)ccc4c3[C@H]2N(C)CC4)ccc1O. The van der Waals surface area contributed by atoms with Gasteiger partial charge in [-0.15, -0.1) is 0 Å². The minimum atomic E-state index is -0.158. The summed E-state index contributed by atoms with van der Waals surface area (Å²) in [5.74, 6) is 2.19. The van der Waals surface area contributed by atoms with Crippen LogP contribution in [-0.2, 0) is 6.42 Å². The van der Waals surface area contributed by atoms with Gasteiger partial charge in [0.25, 0.3) is 0 Å². The second-order valence-corrected chi connectivity index (χ2v) is 6.31. The number of phenolic OH excluding ortho intramolecular Hbond substituents is 1. The van der Waals surface area contributed by atoms with E-state index in [1.165, 1.54) is 11.1 Å². The van der Waals surface area contributed by atoms with Crippen molar-refractivity contribution in [3.8, 4) is 23.0 Å². The fraction of sp³-hybridized carbons (Fsp3) is 0.368. The van der Waals surface area contributed by atoms with Gasteiger partial charge in [0.05, 0.1) is 20.3 Å². The molecule has 0 unspecified atom stereocenters. The Labute approximate surface area is 141 Å². The summed E-state index contributed by atoms with van der Waals surface area (Å²) < 4.78 is 17.1. The Morgan fingerprint density at radius 1 is 1.12 bits per heavy atom. The highest BCUT2D eigenvalue weighted by Crippen LogP contribution is 2.54. The minimum Gasteiger partial charge on any atom is -0.504 e. The molecule has 0 spiro atoms. The number of hydrogen-bond donors (Lipinski definition) is 1. The van der Waals surface area contributed by atoms with Crippen LogP contribution in [-0.4, -0.2) is 37.8 Å². The number of rotatable bonds is 3. The van der Waals surface area contributed by atoms with Crippen LogP contribution in [0.2, 0.25) is 0 Å². The summed E-state index contributed by atoms with van der Waals surface area (Å²) in [6.45, 7) is 0.985. The van der Waals surface area contributed by atoms with Crippen molar-refractivity contribution in [2.45, 2.75) is 18.6 Å². The molecule has 0 aromatic heterocycles. The molecule has 0 saturated heterocycles. The van der Waals surface area contributed by atoms with Crippen LogP contribution in [0.15, 0.2) is 30.3 Å². The predicted molar refractivity (Wildman–Crippen MR) is 90.1 cm³/mol. The highest BCUT2D eigenvalue weighted by Gasteiger charge is 2.43. The van der Waals surface area contributed by atoms with Crippen molar-refractivity contribution in [1.82, 2.24) is 4.90 Å². The van der Waals surface area contributed by atoms with Crippen LogP contribution in [0.4, 0.5) is 0 Å². The van der Waals surface area contributed by atoms with Gasteiger partial charge in [-0.2, -0.15) is 0 Å². The molecule has 126 valence electrons. The fourth-order valence-corrected chi connectivity index (χ4v) is 3.80. The lowest BCUT2D eigenvalue weighted by molar-refractivity contribution is 0.110. The van der Waals surface area contributed by atoms with E-state index in [-0.39, 0.29) is 17.9 Å². The van der Waals surface area contributed by atoms with Crippen molar-refractivity contribution in [1.29, 1.82) is 0 Å². The van der Waals surface area contributed by atoms with Crippen LogP contribution in [0.25, 0.3) is 0 Å². The van der Waals surface area contributed by atoms with E-state index in [1.54, 1.807) is 20.3 Å². The molecular weight excluding hydrogens is 306 g/mol. The van der Waals surface area contributed by atoms with Crippen LogP contribution < -0.4 is 14.2 Å². The first-order valence-electron chi connectivity index (χ1n) is 8.07. The monoisotopic (exact) mass is 327 g/mol. The molecule has 24 heavy (non-hydrogen) atoms. The van der Waals surface area contributed by atoms with E-state index in [9.17, 15) is 5.11 Å². The molecule has 0 fully saturated rings. The molecule has 5 heteroatoms. The summed E-state index contributed by atoms with van der Waals surface area (Å²) in [5.41, 5.74) is 3.52. The molecule has 2 aromatic rings. The van der Waals surface area contributed by atoms with Gasteiger partial charge in [-0.25, -0.2) is 0 Å². The van der Waals surface area contributed by atoms with E-state index in [1.807, 2.05) is 18.2 Å². The van der Waals surface area contributed by atoms with Crippen LogP contribution in [0.1, 0.15) is 28.8 Å². The van der Waals surface area contributed by atoms with Crippen molar-refractivity contribution in [2.24, 2.45) is 0 Å². The van der Waals surface area contributed by atoms with E-state index >= 15 is 0 Å². The molecule has 5 nitrogen and oxygen atoms in total. The lowest BCUT2D eigenvalue weighted by atomic mass is 9.88. The summed E-state index contributed by atoms with van der Waals surface area (Å²) in [7, 11) is 5.34. The molecule has 0 aliphatic carbocycles. The zero-order chi connectivity index (χ0) is 16.8. The molecule has 2 aromatic carbocycles. The molecule has 2 heterocycles. The van der Waals surface area contributed by atoms with Gasteiger partial charge >= 0.3 is 0 Å².